The average Bonchev–Trinajstić information content (AvgIpc) is 2.32. The first-order valence-electron chi connectivity index (χ1n) is 5.03. The minimum absolute atomic E-state index is 0.00326. The number of hydrogen-bond acceptors (Lipinski definition) is 0. The molecule has 0 aliphatic heterocycles. The van der Waals surface area contributed by atoms with Crippen LogP contribution in [0.3, 0.4) is 0 Å². The fourth-order valence-electron chi connectivity index (χ4n) is 1.59. The molecule has 0 aliphatic carbocycles. The molecular weight excluding hydrogens is 317 g/mol. The van der Waals surface area contributed by atoms with Gasteiger partial charge in [-0.3, -0.25) is 0 Å². The smallest absolute Gasteiger partial charge is 0.142 e. The van der Waals surface area contributed by atoms with Crippen LogP contribution in [0.5, 0.6) is 0 Å². The van der Waals surface area contributed by atoms with E-state index in [1.807, 2.05) is 0 Å². The van der Waals surface area contributed by atoms with Gasteiger partial charge in [-0.2, -0.15) is 0 Å². The molecule has 0 aromatic heterocycles. The molecule has 0 spiro atoms. The highest BCUT2D eigenvalue weighted by Gasteiger charge is 2.18. The number of halogens is 5. The van der Waals surface area contributed by atoms with E-state index in [1.165, 1.54) is 6.07 Å². The molecule has 0 saturated heterocycles. The maximum atomic E-state index is 13.4. The molecular formula is C13H7Cl4F. The molecule has 2 aromatic carbocycles. The Kier molecular flexibility index (Phi) is 4.39. The lowest BCUT2D eigenvalue weighted by atomic mass is 10.0. The Hall–Kier alpha value is -0.470. The fraction of sp³-hybridized carbons (Fsp3) is 0.0769. The van der Waals surface area contributed by atoms with Gasteiger partial charge in [-0.05, 0) is 29.3 Å². The largest absolute Gasteiger partial charge is 0.205 e. The normalized spacial score (nSPS) is 12.5. The van der Waals surface area contributed by atoms with Crippen molar-refractivity contribution in [3.8, 4) is 0 Å². The van der Waals surface area contributed by atoms with Gasteiger partial charge < -0.3 is 0 Å². The van der Waals surface area contributed by atoms with Crippen LogP contribution in [-0.2, 0) is 0 Å². The van der Waals surface area contributed by atoms with Crippen LogP contribution < -0.4 is 0 Å². The van der Waals surface area contributed by atoms with Crippen molar-refractivity contribution in [2.45, 2.75) is 5.38 Å². The first-order valence-corrected chi connectivity index (χ1v) is 6.60. The zero-order chi connectivity index (χ0) is 13.3. The van der Waals surface area contributed by atoms with Gasteiger partial charge in [0.2, 0.25) is 0 Å². The molecule has 2 aromatic rings. The SMILES string of the molecule is Fc1cccc(C(Cl)c2ccc(Cl)cc2Cl)c1Cl. The quantitative estimate of drug-likeness (QED) is 0.584. The summed E-state index contributed by atoms with van der Waals surface area (Å²) in [6.07, 6.45) is 0. The zero-order valence-electron chi connectivity index (χ0n) is 8.93. The molecule has 1 atom stereocenters. The van der Waals surface area contributed by atoms with E-state index in [4.69, 9.17) is 46.4 Å². The van der Waals surface area contributed by atoms with Crippen molar-refractivity contribution in [3.63, 3.8) is 0 Å². The van der Waals surface area contributed by atoms with Crippen molar-refractivity contribution < 1.29 is 4.39 Å². The van der Waals surface area contributed by atoms with Gasteiger partial charge >= 0.3 is 0 Å². The molecule has 0 heterocycles. The molecule has 0 fully saturated rings. The van der Waals surface area contributed by atoms with Gasteiger partial charge in [0.25, 0.3) is 0 Å². The second-order valence-electron chi connectivity index (χ2n) is 3.67. The topological polar surface area (TPSA) is 0 Å². The third-order valence-electron chi connectivity index (χ3n) is 2.49. The highest BCUT2D eigenvalue weighted by atomic mass is 35.5. The van der Waals surface area contributed by atoms with E-state index in [-0.39, 0.29) is 5.02 Å². The van der Waals surface area contributed by atoms with Crippen LogP contribution in [0, 0.1) is 5.82 Å². The summed E-state index contributed by atoms with van der Waals surface area (Å²) >= 11 is 24.1. The van der Waals surface area contributed by atoms with E-state index in [0.717, 1.165) is 0 Å². The van der Waals surface area contributed by atoms with Crippen molar-refractivity contribution in [2.24, 2.45) is 0 Å². The van der Waals surface area contributed by atoms with Gasteiger partial charge in [-0.1, -0.05) is 53.0 Å². The summed E-state index contributed by atoms with van der Waals surface area (Å²) in [4.78, 5) is 0. The van der Waals surface area contributed by atoms with Gasteiger partial charge in [0.15, 0.2) is 0 Å². The van der Waals surface area contributed by atoms with Crippen LogP contribution in [0.2, 0.25) is 15.1 Å². The Morgan fingerprint density at radius 2 is 1.67 bits per heavy atom. The second kappa shape index (κ2) is 5.66. The summed E-state index contributed by atoms with van der Waals surface area (Å²) in [7, 11) is 0. The minimum atomic E-state index is -0.627. The van der Waals surface area contributed by atoms with E-state index in [0.29, 0.717) is 21.2 Å². The Bertz CT molecular complexity index is 583. The molecule has 0 radical (unpaired) electrons. The van der Waals surface area contributed by atoms with Gasteiger partial charge in [-0.15, -0.1) is 11.6 Å². The van der Waals surface area contributed by atoms with Crippen LogP contribution in [0.1, 0.15) is 16.5 Å². The molecule has 0 nitrogen and oxygen atoms in total. The van der Waals surface area contributed by atoms with Crippen LogP contribution in [0.15, 0.2) is 36.4 Å². The monoisotopic (exact) mass is 322 g/mol. The zero-order valence-corrected chi connectivity index (χ0v) is 12.0. The van der Waals surface area contributed by atoms with Crippen LogP contribution in [0.25, 0.3) is 0 Å². The number of rotatable bonds is 2. The molecule has 0 aliphatic rings. The lowest BCUT2D eigenvalue weighted by Gasteiger charge is -2.14. The second-order valence-corrected chi connectivity index (χ2v) is 5.33. The van der Waals surface area contributed by atoms with Gasteiger partial charge in [0.1, 0.15) is 5.82 Å². The van der Waals surface area contributed by atoms with Gasteiger partial charge in [-0.25, -0.2) is 4.39 Å². The summed E-state index contributed by atoms with van der Waals surface area (Å²) in [6, 6.07) is 9.44. The first-order chi connectivity index (χ1) is 8.50. The standard InChI is InChI=1S/C13H7Cl4F/c14-7-4-5-8(10(15)6-7)12(16)9-2-1-3-11(18)13(9)17/h1-6,12H. The number of alkyl halides is 1. The van der Waals surface area contributed by atoms with E-state index in [2.05, 4.69) is 0 Å². The Morgan fingerprint density at radius 3 is 2.33 bits per heavy atom. The van der Waals surface area contributed by atoms with Crippen LogP contribution >= 0.6 is 46.4 Å². The third kappa shape index (κ3) is 2.75. The predicted octanol–water partition coefficient (Wildman–Crippen LogP) is 6.11. The molecule has 5 heteroatoms. The Balaban J connectivity index is 2.48. The van der Waals surface area contributed by atoms with Crippen molar-refractivity contribution >= 4 is 46.4 Å². The molecule has 0 saturated carbocycles. The molecule has 0 amide bonds. The first kappa shape index (κ1) is 14.0. The third-order valence-corrected chi connectivity index (χ3v) is 3.92. The molecule has 1 unspecified atom stereocenters. The minimum Gasteiger partial charge on any atom is -0.205 e. The maximum Gasteiger partial charge on any atom is 0.142 e. The van der Waals surface area contributed by atoms with Crippen molar-refractivity contribution in [3.05, 3.63) is 68.4 Å². The van der Waals surface area contributed by atoms with Gasteiger partial charge in [0, 0.05) is 10.0 Å². The molecule has 94 valence electrons. The van der Waals surface area contributed by atoms with Gasteiger partial charge in [0.05, 0.1) is 10.4 Å². The lowest BCUT2D eigenvalue weighted by Crippen LogP contribution is -1.97. The molecule has 2 rings (SSSR count). The maximum absolute atomic E-state index is 13.4. The predicted molar refractivity (Wildman–Crippen MR) is 75.6 cm³/mol. The van der Waals surface area contributed by atoms with E-state index in [1.54, 1.807) is 30.3 Å². The molecule has 18 heavy (non-hydrogen) atoms. The number of benzene rings is 2. The molecule has 0 N–H and O–H groups in total. The Morgan fingerprint density at radius 1 is 0.944 bits per heavy atom. The highest BCUT2D eigenvalue weighted by molar-refractivity contribution is 6.36. The van der Waals surface area contributed by atoms with Crippen LogP contribution in [-0.4, -0.2) is 0 Å². The van der Waals surface area contributed by atoms with E-state index in [9.17, 15) is 4.39 Å². The summed E-state index contributed by atoms with van der Waals surface area (Å²) in [6.45, 7) is 0. The molecule has 0 bridgehead atoms. The number of hydrogen-bond donors (Lipinski definition) is 0. The Labute approximate surface area is 124 Å². The highest BCUT2D eigenvalue weighted by Crippen LogP contribution is 2.38. The van der Waals surface area contributed by atoms with Crippen molar-refractivity contribution in [1.82, 2.24) is 0 Å². The summed E-state index contributed by atoms with van der Waals surface area (Å²) in [5.74, 6) is -0.509. The summed E-state index contributed by atoms with van der Waals surface area (Å²) in [5, 5.41) is 0.308. The summed E-state index contributed by atoms with van der Waals surface area (Å²) < 4.78 is 13.4. The van der Waals surface area contributed by atoms with E-state index >= 15 is 0 Å². The van der Waals surface area contributed by atoms with Crippen molar-refractivity contribution in [2.75, 3.05) is 0 Å². The summed E-state index contributed by atoms with van der Waals surface area (Å²) in [5.41, 5.74) is 1.11. The lowest BCUT2D eigenvalue weighted by molar-refractivity contribution is 0.626. The van der Waals surface area contributed by atoms with Crippen molar-refractivity contribution in [1.29, 1.82) is 0 Å². The van der Waals surface area contributed by atoms with Crippen LogP contribution in [0.4, 0.5) is 4.39 Å². The van der Waals surface area contributed by atoms with E-state index < -0.39 is 11.2 Å². The average molecular weight is 324 g/mol. The fourth-order valence-corrected chi connectivity index (χ4v) is 2.83.